The van der Waals surface area contributed by atoms with Gasteiger partial charge in [0.1, 0.15) is 6.04 Å². The molecule has 6 nitrogen and oxygen atoms in total. The molecule has 1 atom stereocenters. The monoisotopic (exact) mass is 242 g/mol. The van der Waals surface area contributed by atoms with Gasteiger partial charge in [0.2, 0.25) is 11.8 Å². The van der Waals surface area contributed by atoms with Crippen molar-refractivity contribution in [2.75, 3.05) is 0 Å². The molecule has 1 heterocycles. The van der Waals surface area contributed by atoms with Gasteiger partial charge in [-0.1, -0.05) is 0 Å². The SMILES string of the molecule is CC(C)(CCC(=O)O)NC(=O)[C@@H]1CCC(=O)N1. The van der Waals surface area contributed by atoms with Crippen LogP contribution in [0.15, 0.2) is 0 Å². The lowest BCUT2D eigenvalue weighted by molar-refractivity contribution is -0.138. The fraction of sp³-hybridized carbons (Fsp3) is 0.727. The van der Waals surface area contributed by atoms with Gasteiger partial charge in [0, 0.05) is 18.4 Å². The quantitative estimate of drug-likeness (QED) is 0.633. The summed E-state index contributed by atoms with van der Waals surface area (Å²) in [5.74, 6) is -1.25. The molecule has 0 radical (unpaired) electrons. The van der Waals surface area contributed by atoms with Crippen molar-refractivity contribution in [3.63, 3.8) is 0 Å². The molecule has 1 rings (SSSR count). The van der Waals surface area contributed by atoms with Crippen LogP contribution in [-0.2, 0) is 14.4 Å². The van der Waals surface area contributed by atoms with E-state index in [1.807, 2.05) is 0 Å². The number of carboxylic acids is 1. The molecule has 0 aromatic heterocycles. The molecule has 1 aliphatic heterocycles. The Bertz CT molecular complexity index is 338. The van der Waals surface area contributed by atoms with Gasteiger partial charge in [-0.3, -0.25) is 14.4 Å². The fourth-order valence-electron chi connectivity index (χ4n) is 1.71. The van der Waals surface area contributed by atoms with Crippen molar-refractivity contribution in [1.29, 1.82) is 0 Å². The van der Waals surface area contributed by atoms with Gasteiger partial charge in [-0.05, 0) is 26.7 Å². The number of rotatable bonds is 5. The summed E-state index contributed by atoms with van der Waals surface area (Å²) in [5, 5.41) is 13.9. The molecule has 0 saturated carbocycles. The van der Waals surface area contributed by atoms with Crippen LogP contribution in [0, 0.1) is 0 Å². The first-order chi connectivity index (χ1) is 7.80. The van der Waals surface area contributed by atoms with Crippen LogP contribution in [-0.4, -0.2) is 34.5 Å². The van der Waals surface area contributed by atoms with E-state index in [0.29, 0.717) is 19.3 Å². The van der Waals surface area contributed by atoms with Gasteiger partial charge >= 0.3 is 5.97 Å². The van der Waals surface area contributed by atoms with Crippen LogP contribution < -0.4 is 10.6 Å². The van der Waals surface area contributed by atoms with E-state index in [9.17, 15) is 14.4 Å². The summed E-state index contributed by atoms with van der Waals surface area (Å²) in [6, 6.07) is -0.480. The lowest BCUT2D eigenvalue weighted by Crippen LogP contribution is -2.50. The zero-order valence-corrected chi connectivity index (χ0v) is 10.1. The summed E-state index contributed by atoms with van der Waals surface area (Å²) < 4.78 is 0. The van der Waals surface area contributed by atoms with E-state index in [2.05, 4.69) is 10.6 Å². The van der Waals surface area contributed by atoms with E-state index in [1.54, 1.807) is 13.8 Å². The molecule has 17 heavy (non-hydrogen) atoms. The average molecular weight is 242 g/mol. The Kier molecular flexibility index (Phi) is 4.09. The number of hydrogen-bond acceptors (Lipinski definition) is 3. The van der Waals surface area contributed by atoms with Gasteiger partial charge in [0.25, 0.3) is 0 Å². The molecule has 0 aromatic rings. The summed E-state index contributed by atoms with van der Waals surface area (Å²) >= 11 is 0. The standard InChI is InChI=1S/C11H18N2O4/c1-11(2,6-5-9(15)16)13-10(17)7-3-4-8(14)12-7/h7H,3-6H2,1-2H3,(H,12,14)(H,13,17)(H,15,16)/t7-/m0/s1. The largest absolute Gasteiger partial charge is 0.481 e. The van der Waals surface area contributed by atoms with Crippen molar-refractivity contribution in [1.82, 2.24) is 10.6 Å². The summed E-state index contributed by atoms with van der Waals surface area (Å²) in [6.07, 6.45) is 1.23. The van der Waals surface area contributed by atoms with Crippen LogP contribution in [0.3, 0.4) is 0 Å². The molecule has 0 aliphatic carbocycles. The van der Waals surface area contributed by atoms with E-state index in [0.717, 1.165) is 0 Å². The summed E-state index contributed by atoms with van der Waals surface area (Å²) in [7, 11) is 0. The highest BCUT2D eigenvalue weighted by atomic mass is 16.4. The minimum Gasteiger partial charge on any atom is -0.481 e. The van der Waals surface area contributed by atoms with Crippen molar-refractivity contribution in [2.24, 2.45) is 0 Å². The van der Waals surface area contributed by atoms with E-state index in [4.69, 9.17) is 5.11 Å². The third kappa shape index (κ3) is 4.42. The van der Waals surface area contributed by atoms with Gasteiger partial charge in [-0.2, -0.15) is 0 Å². The number of amides is 2. The molecule has 0 bridgehead atoms. The predicted molar refractivity (Wildman–Crippen MR) is 60.3 cm³/mol. The number of carbonyl (C=O) groups is 3. The minimum absolute atomic E-state index is 0.00427. The Morgan fingerprint density at radius 3 is 2.65 bits per heavy atom. The van der Waals surface area contributed by atoms with E-state index < -0.39 is 17.6 Å². The van der Waals surface area contributed by atoms with Crippen LogP contribution in [0.4, 0.5) is 0 Å². The highest BCUT2D eigenvalue weighted by Gasteiger charge is 2.30. The molecule has 0 unspecified atom stereocenters. The first-order valence-electron chi connectivity index (χ1n) is 5.63. The lowest BCUT2D eigenvalue weighted by Gasteiger charge is -2.27. The average Bonchev–Trinajstić information content (AvgIpc) is 2.61. The minimum atomic E-state index is -0.888. The molecular weight excluding hydrogens is 224 g/mol. The number of carbonyl (C=O) groups excluding carboxylic acids is 2. The smallest absolute Gasteiger partial charge is 0.303 e. The molecule has 6 heteroatoms. The highest BCUT2D eigenvalue weighted by molar-refractivity contribution is 5.91. The molecule has 0 aromatic carbocycles. The number of hydrogen-bond donors (Lipinski definition) is 3. The van der Waals surface area contributed by atoms with Crippen molar-refractivity contribution in [3.8, 4) is 0 Å². The van der Waals surface area contributed by atoms with E-state index in [1.165, 1.54) is 0 Å². The summed E-state index contributed by atoms with van der Waals surface area (Å²) in [6.45, 7) is 3.54. The first kappa shape index (κ1) is 13.5. The first-order valence-corrected chi connectivity index (χ1v) is 5.63. The zero-order valence-electron chi connectivity index (χ0n) is 10.1. The van der Waals surface area contributed by atoms with Crippen LogP contribution in [0.1, 0.15) is 39.5 Å². The van der Waals surface area contributed by atoms with Crippen LogP contribution in [0.25, 0.3) is 0 Å². The lowest BCUT2D eigenvalue weighted by atomic mass is 9.97. The second-order valence-electron chi connectivity index (χ2n) is 4.93. The zero-order chi connectivity index (χ0) is 13.1. The Hall–Kier alpha value is -1.59. The molecule has 1 fully saturated rings. The van der Waals surface area contributed by atoms with Crippen LogP contribution in [0.2, 0.25) is 0 Å². The topological polar surface area (TPSA) is 95.5 Å². The van der Waals surface area contributed by atoms with Crippen molar-refractivity contribution < 1.29 is 19.5 Å². The molecule has 3 N–H and O–H groups in total. The third-order valence-corrected chi connectivity index (χ3v) is 2.74. The molecule has 1 aliphatic rings. The highest BCUT2D eigenvalue weighted by Crippen LogP contribution is 2.13. The van der Waals surface area contributed by atoms with Gasteiger partial charge in [-0.15, -0.1) is 0 Å². The number of nitrogens with one attached hydrogen (secondary N) is 2. The molecule has 96 valence electrons. The van der Waals surface area contributed by atoms with Crippen molar-refractivity contribution in [2.45, 2.75) is 51.1 Å². The maximum Gasteiger partial charge on any atom is 0.303 e. The number of aliphatic carboxylic acids is 1. The molecule has 1 saturated heterocycles. The summed E-state index contributed by atoms with van der Waals surface area (Å²) in [5.41, 5.74) is -0.581. The molecular formula is C11H18N2O4. The second-order valence-corrected chi connectivity index (χ2v) is 4.93. The van der Waals surface area contributed by atoms with Gasteiger partial charge in [-0.25, -0.2) is 0 Å². The van der Waals surface area contributed by atoms with Gasteiger partial charge in [0.05, 0.1) is 0 Å². The predicted octanol–water partition coefficient (Wildman–Crippen LogP) is 0.0246. The Labute approximate surface area is 99.8 Å². The maximum atomic E-state index is 11.8. The summed E-state index contributed by atoms with van der Waals surface area (Å²) in [4.78, 5) is 33.2. The molecule has 0 spiro atoms. The fourth-order valence-corrected chi connectivity index (χ4v) is 1.71. The van der Waals surface area contributed by atoms with Gasteiger partial charge < -0.3 is 15.7 Å². The van der Waals surface area contributed by atoms with Gasteiger partial charge in [0.15, 0.2) is 0 Å². The molecule has 2 amide bonds. The van der Waals surface area contributed by atoms with Crippen LogP contribution in [0.5, 0.6) is 0 Å². The van der Waals surface area contributed by atoms with Crippen LogP contribution >= 0.6 is 0 Å². The Morgan fingerprint density at radius 1 is 1.53 bits per heavy atom. The second kappa shape index (κ2) is 5.16. The van der Waals surface area contributed by atoms with Crippen molar-refractivity contribution in [3.05, 3.63) is 0 Å². The third-order valence-electron chi connectivity index (χ3n) is 2.74. The van der Waals surface area contributed by atoms with Crippen molar-refractivity contribution >= 4 is 17.8 Å². The van der Waals surface area contributed by atoms with E-state index >= 15 is 0 Å². The van der Waals surface area contributed by atoms with E-state index in [-0.39, 0.29) is 18.2 Å². The number of carboxylic acid groups (broad SMARTS) is 1. The normalized spacial score (nSPS) is 19.9. The Morgan fingerprint density at radius 2 is 2.18 bits per heavy atom. The Balaban J connectivity index is 2.43. The maximum absolute atomic E-state index is 11.8.